The number of anilines is 2. The summed E-state index contributed by atoms with van der Waals surface area (Å²) in [5, 5.41) is 0. The Morgan fingerprint density at radius 3 is 2.75 bits per heavy atom. The minimum atomic E-state index is -0.649. The number of benzene rings is 1. The summed E-state index contributed by atoms with van der Waals surface area (Å²) < 4.78 is 37.1. The van der Waals surface area contributed by atoms with Gasteiger partial charge in [-0.1, -0.05) is 0 Å². The normalized spacial score (nSPS) is 11.0. The van der Waals surface area contributed by atoms with Crippen molar-refractivity contribution in [2.45, 2.75) is 4.90 Å². The molecule has 142 valence electrons. The number of imidazole rings is 1. The molecule has 3 N–H and O–H groups in total. The summed E-state index contributed by atoms with van der Waals surface area (Å²) >= 11 is 1.00. The van der Waals surface area contributed by atoms with Gasteiger partial charge in [0.05, 0.1) is 18.2 Å². The van der Waals surface area contributed by atoms with Gasteiger partial charge in [-0.05, 0) is 42.3 Å². The number of halogens is 2. The summed E-state index contributed by atoms with van der Waals surface area (Å²) in [6.07, 6.45) is 5.29. The van der Waals surface area contributed by atoms with E-state index in [0.29, 0.717) is 17.4 Å². The number of hydrogen-bond donors (Lipinski definition) is 2. The predicted molar refractivity (Wildman–Crippen MR) is 105 cm³/mol. The first-order valence-electron chi connectivity index (χ1n) is 8.20. The van der Waals surface area contributed by atoms with Crippen molar-refractivity contribution in [2.75, 3.05) is 17.6 Å². The number of nitrogens with one attached hydrogen (secondary N) is 1. The topological polar surface area (TPSA) is 77.5 Å². The molecule has 0 spiro atoms. The molecular weight excluding hydrogens is 384 g/mol. The van der Waals surface area contributed by atoms with Crippen LogP contribution in [0.2, 0.25) is 0 Å². The van der Waals surface area contributed by atoms with Gasteiger partial charge in [-0.25, -0.2) is 18.7 Å². The summed E-state index contributed by atoms with van der Waals surface area (Å²) in [5.41, 5.74) is 8.73. The Bertz CT molecular complexity index is 1160. The van der Waals surface area contributed by atoms with E-state index in [1.54, 1.807) is 12.4 Å². The maximum Gasteiger partial charge on any atom is 0.237 e. The van der Waals surface area contributed by atoms with Crippen molar-refractivity contribution >= 4 is 29.1 Å². The average molecular weight is 399 g/mol. The lowest BCUT2D eigenvalue weighted by molar-refractivity contribution is 0.400. The van der Waals surface area contributed by atoms with Gasteiger partial charge in [0.1, 0.15) is 28.8 Å². The molecule has 4 aromatic rings. The number of nitrogen functional groups attached to an aromatic ring is 1. The van der Waals surface area contributed by atoms with Crippen LogP contribution < -0.4 is 15.2 Å². The third-order valence-corrected chi connectivity index (χ3v) is 4.89. The van der Waals surface area contributed by atoms with Crippen molar-refractivity contribution in [3.05, 3.63) is 66.6 Å². The van der Waals surface area contributed by atoms with Crippen LogP contribution in [0.3, 0.4) is 0 Å². The minimum absolute atomic E-state index is 0.254. The summed E-state index contributed by atoms with van der Waals surface area (Å²) in [4.78, 5) is 8.76. The number of ether oxygens (including phenoxy) is 1. The molecule has 0 saturated heterocycles. The van der Waals surface area contributed by atoms with E-state index in [1.165, 1.54) is 19.2 Å². The zero-order valence-electron chi connectivity index (χ0n) is 14.7. The summed E-state index contributed by atoms with van der Waals surface area (Å²) in [6.45, 7) is 0. The van der Waals surface area contributed by atoms with Crippen molar-refractivity contribution in [3.8, 4) is 17.0 Å². The number of hydrogen-bond acceptors (Lipinski definition) is 6. The molecule has 0 unspecified atom stereocenters. The van der Waals surface area contributed by atoms with Crippen LogP contribution in [0.4, 0.5) is 20.3 Å². The summed E-state index contributed by atoms with van der Waals surface area (Å²) in [5.74, 6) is -0.487. The van der Waals surface area contributed by atoms with Crippen LogP contribution in [-0.2, 0) is 0 Å². The first-order chi connectivity index (χ1) is 13.5. The molecule has 0 aliphatic heterocycles. The van der Waals surface area contributed by atoms with Crippen molar-refractivity contribution < 1.29 is 13.5 Å². The van der Waals surface area contributed by atoms with Crippen molar-refractivity contribution in [1.29, 1.82) is 0 Å². The van der Waals surface area contributed by atoms with Gasteiger partial charge in [0.15, 0.2) is 0 Å². The summed E-state index contributed by atoms with van der Waals surface area (Å²) in [7, 11) is 1.50. The van der Waals surface area contributed by atoms with Gasteiger partial charge in [-0.15, -0.1) is 0 Å². The van der Waals surface area contributed by atoms with Crippen molar-refractivity contribution in [2.24, 2.45) is 0 Å². The maximum atomic E-state index is 13.9. The Balaban J connectivity index is 1.64. The van der Waals surface area contributed by atoms with Crippen LogP contribution in [0.15, 0.2) is 59.9 Å². The van der Waals surface area contributed by atoms with E-state index in [1.807, 2.05) is 28.8 Å². The Kier molecular flexibility index (Phi) is 4.74. The fourth-order valence-electron chi connectivity index (χ4n) is 2.70. The Morgan fingerprint density at radius 2 is 1.96 bits per heavy atom. The molecule has 3 heterocycles. The van der Waals surface area contributed by atoms with Gasteiger partial charge >= 0.3 is 0 Å². The standard InChI is InChI=1S/C19H15F2N5OS/c1-27-19-15(25-28-16-4-3-13(20)7-14(16)21)6-12(8-23-19)11-2-5-18-24-17(22)10-26(18)9-11/h2-10,25H,22H2,1H3. The molecule has 0 bridgehead atoms. The second kappa shape index (κ2) is 7.35. The van der Waals surface area contributed by atoms with E-state index in [4.69, 9.17) is 10.5 Å². The van der Waals surface area contributed by atoms with Gasteiger partial charge < -0.3 is 19.6 Å². The van der Waals surface area contributed by atoms with E-state index in [2.05, 4.69) is 14.7 Å². The van der Waals surface area contributed by atoms with E-state index < -0.39 is 11.6 Å². The Morgan fingerprint density at radius 1 is 1.11 bits per heavy atom. The van der Waals surface area contributed by atoms with Gasteiger partial charge in [0.25, 0.3) is 0 Å². The van der Waals surface area contributed by atoms with Gasteiger partial charge in [-0.3, -0.25) is 0 Å². The van der Waals surface area contributed by atoms with Crippen molar-refractivity contribution in [3.63, 3.8) is 0 Å². The van der Waals surface area contributed by atoms with E-state index in [0.717, 1.165) is 34.8 Å². The Labute approximate surface area is 163 Å². The third kappa shape index (κ3) is 3.56. The number of rotatable bonds is 5. The number of pyridine rings is 2. The molecule has 0 fully saturated rings. The molecule has 1 aromatic carbocycles. The molecule has 0 aliphatic rings. The first kappa shape index (κ1) is 18.1. The monoisotopic (exact) mass is 399 g/mol. The van der Waals surface area contributed by atoms with Crippen LogP contribution in [0.25, 0.3) is 16.8 Å². The lowest BCUT2D eigenvalue weighted by Gasteiger charge is -2.12. The fraction of sp³-hybridized carbons (Fsp3) is 0.0526. The first-order valence-corrected chi connectivity index (χ1v) is 9.01. The molecule has 0 aliphatic carbocycles. The Hall–Kier alpha value is -3.33. The largest absolute Gasteiger partial charge is 0.480 e. The number of nitrogens with two attached hydrogens (primary N) is 1. The van der Waals surface area contributed by atoms with E-state index in [-0.39, 0.29) is 4.90 Å². The zero-order chi connectivity index (χ0) is 19.7. The number of aromatic nitrogens is 3. The lowest BCUT2D eigenvalue weighted by Crippen LogP contribution is -1.97. The van der Waals surface area contributed by atoms with Gasteiger partial charge in [0.2, 0.25) is 5.88 Å². The smallest absolute Gasteiger partial charge is 0.237 e. The maximum absolute atomic E-state index is 13.9. The van der Waals surface area contributed by atoms with E-state index in [9.17, 15) is 8.78 Å². The number of methoxy groups -OCH3 is 1. The fourth-order valence-corrected chi connectivity index (χ4v) is 3.35. The molecular formula is C19H15F2N5OS. The highest BCUT2D eigenvalue weighted by Crippen LogP contribution is 2.32. The van der Waals surface area contributed by atoms with E-state index >= 15 is 0 Å². The average Bonchev–Trinajstić information content (AvgIpc) is 3.06. The molecule has 4 rings (SSSR count). The molecule has 0 radical (unpaired) electrons. The highest BCUT2D eigenvalue weighted by Gasteiger charge is 2.11. The number of nitrogens with zero attached hydrogens (tertiary/aromatic N) is 3. The predicted octanol–water partition coefficient (Wildman–Crippen LogP) is 4.38. The molecule has 0 saturated carbocycles. The third-order valence-electron chi connectivity index (χ3n) is 4.01. The van der Waals surface area contributed by atoms with Crippen LogP contribution >= 0.6 is 11.9 Å². The SMILES string of the molecule is COc1ncc(-c2ccc3nc(N)cn3c2)cc1NSc1ccc(F)cc1F. The highest BCUT2D eigenvalue weighted by molar-refractivity contribution is 8.00. The summed E-state index contributed by atoms with van der Waals surface area (Å²) in [6, 6.07) is 8.99. The van der Waals surface area contributed by atoms with Gasteiger partial charge in [-0.2, -0.15) is 0 Å². The number of fused-ring (bicyclic) bond motifs is 1. The quantitative estimate of drug-likeness (QED) is 0.485. The highest BCUT2D eigenvalue weighted by atomic mass is 32.2. The van der Waals surface area contributed by atoms with Crippen LogP contribution in [0.5, 0.6) is 5.88 Å². The lowest BCUT2D eigenvalue weighted by atomic mass is 10.1. The molecule has 9 heteroatoms. The molecule has 28 heavy (non-hydrogen) atoms. The van der Waals surface area contributed by atoms with Gasteiger partial charge in [0, 0.05) is 29.6 Å². The van der Waals surface area contributed by atoms with Crippen molar-refractivity contribution in [1.82, 2.24) is 14.4 Å². The molecule has 0 atom stereocenters. The van der Waals surface area contributed by atoms with Crippen LogP contribution in [-0.4, -0.2) is 21.5 Å². The van der Waals surface area contributed by atoms with Crippen LogP contribution in [0.1, 0.15) is 0 Å². The molecule has 6 nitrogen and oxygen atoms in total. The van der Waals surface area contributed by atoms with Crippen LogP contribution in [0, 0.1) is 11.6 Å². The molecule has 3 aromatic heterocycles. The second-order valence-electron chi connectivity index (χ2n) is 5.91. The second-order valence-corrected chi connectivity index (χ2v) is 6.76. The molecule has 0 amide bonds. The zero-order valence-corrected chi connectivity index (χ0v) is 15.5. The minimum Gasteiger partial charge on any atom is -0.480 e.